The lowest BCUT2D eigenvalue weighted by Crippen LogP contribution is -2.34. The van der Waals surface area contributed by atoms with Crippen LogP contribution < -0.4 is 0 Å². The summed E-state index contributed by atoms with van der Waals surface area (Å²) in [6.07, 6.45) is 0.766. The molecule has 0 radical (unpaired) electrons. The fourth-order valence-electron chi connectivity index (χ4n) is 2.89. The Kier molecular flexibility index (Phi) is 3.58. The van der Waals surface area contributed by atoms with Gasteiger partial charge in [0, 0.05) is 25.2 Å². The van der Waals surface area contributed by atoms with Gasteiger partial charge >= 0.3 is 0 Å². The van der Waals surface area contributed by atoms with Crippen molar-refractivity contribution >= 4 is 0 Å². The Bertz CT molecular complexity index is 425. The van der Waals surface area contributed by atoms with Crippen molar-refractivity contribution in [2.24, 2.45) is 0 Å². The number of ether oxygens (including phenoxy) is 2. The van der Waals surface area contributed by atoms with E-state index in [2.05, 4.69) is 4.90 Å². The van der Waals surface area contributed by atoms with Crippen molar-refractivity contribution in [3.8, 4) is 0 Å². The summed E-state index contributed by atoms with van der Waals surface area (Å²) < 4.78 is 12.0. The molecule has 0 bridgehead atoms. The summed E-state index contributed by atoms with van der Waals surface area (Å²) in [6, 6.07) is 10.0. The number of β-amino-alcohol motifs (C(OH)–C–C–N with tert-alkyl or cyclic N) is 1. The molecule has 1 N–H and O–H groups in total. The van der Waals surface area contributed by atoms with E-state index in [0.29, 0.717) is 6.61 Å². The SMILES string of the molecule is CC1(c2ccccc2)OCC(CN2CC[C@@H](O)C2)O1. The fraction of sp³-hybridized carbons (Fsp3) is 0.600. The first-order chi connectivity index (χ1) is 9.16. The molecular formula is C15H21NO3. The summed E-state index contributed by atoms with van der Waals surface area (Å²) in [5.41, 5.74) is 1.05. The number of likely N-dealkylation sites (tertiary alicyclic amines) is 1. The summed E-state index contributed by atoms with van der Waals surface area (Å²) in [4.78, 5) is 2.25. The highest BCUT2D eigenvalue weighted by atomic mass is 16.7. The third-order valence-electron chi connectivity index (χ3n) is 3.94. The van der Waals surface area contributed by atoms with Crippen LogP contribution in [-0.4, -0.2) is 48.5 Å². The van der Waals surface area contributed by atoms with Gasteiger partial charge in [-0.2, -0.15) is 0 Å². The lowest BCUT2D eigenvalue weighted by Gasteiger charge is -2.25. The van der Waals surface area contributed by atoms with Crippen LogP contribution in [0.2, 0.25) is 0 Å². The highest BCUT2D eigenvalue weighted by Crippen LogP contribution is 2.34. The number of hydrogen-bond donors (Lipinski definition) is 1. The Morgan fingerprint density at radius 2 is 2.16 bits per heavy atom. The minimum atomic E-state index is -0.635. The molecule has 0 amide bonds. The van der Waals surface area contributed by atoms with Crippen molar-refractivity contribution < 1.29 is 14.6 Å². The quantitative estimate of drug-likeness (QED) is 0.893. The van der Waals surface area contributed by atoms with Gasteiger partial charge in [0.25, 0.3) is 0 Å². The molecule has 104 valence electrons. The van der Waals surface area contributed by atoms with Crippen LogP contribution in [0.25, 0.3) is 0 Å². The minimum Gasteiger partial charge on any atom is -0.392 e. The van der Waals surface area contributed by atoms with E-state index in [9.17, 15) is 5.11 Å². The van der Waals surface area contributed by atoms with Crippen molar-refractivity contribution in [2.45, 2.75) is 31.3 Å². The lowest BCUT2D eigenvalue weighted by molar-refractivity contribution is -0.163. The zero-order valence-electron chi connectivity index (χ0n) is 11.3. The summed E-state index contributed by atoms with van der Waals surface area (Å²) in [7, 11) is 0. The predicted molar refractivity (Wildman–Crippen MR) is 71.7 cm³/mol. The van der Waals surface area contributed by atoms with Gasteiger partial charge in [-0.1, -0.05) is 30.3 Å². The second-order valence-corrected chi connectivity index (χ2v) is 5.56. The highest BCUT2D eigenvalue weighted by Gasteiger charge is 2.39. The van der Waals surface area contributed by atoms with Crippen molar-refractivity contribution in [1.82, 2.24) is 4.90 Å². The molecule has 0 saturated carbocycles. The first kappa shape index (κ1) is 13.1. The third-order valence-corrected chi connectivity index (χ3v) is 3.94. The van der Waals surface area contributed by atoms with Gasteiger partial charge in [-0.05, 0) is 13.3 Å². The second kappa shape index (κ2) is 5.21. The molecule has 19 heavy (non-hydrogen) atoms. The third kappa shape index (κ3) is 2.82. The second-order valence-electron chi connectivity index (χ2n) is 5.56. The Hall–Kier alpha value is -0.940. The van der Waals surface area contributed by atoms with Crippen LogP contribution in [-0.2, 0) is 15.3 Å². The number of benzene rings is 1. The average Bonchev–Trinajstić information content (AvgIpc) is 2.99. The first-order valence-electron chi connectivity index (χ1n) is 6.93. The molecule has 2 aliphatic heterocycles. The Morgan fingerprint density at radius 1 is 1.37 bits per heavy atom. The molecule has 0 aromatic heterocycles. The molecule has 4 heteroatoms. The van der Waals surface area contributed by atoms with Crippen molar-refractivity contribution in [3.05, 3.63) is 35.9 Å². The van der Waals surface area contributed by atoms with E-state index >= 15 is 0 Å². The molecule has 0 aliphatic carbocycles. The van der Waals surface area contributed by atoms with Gasteiger partial charge in [0.15, 0.2) is 5.79 Å². The smallest absolute Gasteiger partial charge is 0.192 e. The maximum absolute atomic E-state index is 9.54. The molecule has 2 saturated heterocycles. The van der Waals surface area contributed by atoms with Crippen LogP contribution in [0.4, 0.5) is 0 Å². The Labute approximate surface area is 113 Å². The molecule has 2 heterocycles. The van der Waals surface area contributed by atoms with Gasteiger partial charge in [0.05, 0.1) is 18.8 Å². The first-order valence-corrected chi connectivity index (χ1v) is 6.93. The predicted octanol–water partition coefficient (Wildman–Crippen LogP) is 1.34. The van der Waals surface area contributed by atoms with Gasteiger partial charge < -0.3 is 14.6 Å². The highest BCUT2D eigenvalue weighted by molar-refractivity contribution is 5.20. The van der Waals surface area contributed by atoms with Crippen molar-refractivity contribution in [3.63, 3.8) is 0 Å². The van der Waals surface area contributed by atoms with Crippen molar-refractivity contribution in [1.29, 1.82) is 0 Å². The number of aliphatic hydroxyl groups is 1. The minimum absolute atomic E-state index is 0.0792. The summed E-state index contributed by atoms with van der Waals surface area (Å²) in [6.45, 7) is 5.11. The molecular weight excluding hydrogens is 242 g/mol. The average molecular weight is 263 g/mol. The maximum atomic E-state index is 9.54. The fourth-order valence-corrected chi connectivity index (χ4v) is 2.89. The van der Waals surface area contributed by atoms with Gasteiger partial charge in [-0.25, -0.2) is 0 Å². The van der Waals surface area contributed by atoms with Gasteiger partial charge in [0.2, 0.25) is 0 Å². The molecule has 2 fully saturated rings. The number of hydrogen-bond acceptors (Lipinski definition) is 4. The summed E-state index contributed by atoms with van der Waals surface area (Å²) >= 11 is 0. The molecule has 3 rings (SSSR count). The molecule has 0 spiro atoms. The van der Waals surface area contributed by atoms with E-state index in [0.717, 1.165) is 31.6 Å². The van der Waals surface area contributed by atoms with E-state index in [1.54, 1.807) is 0 Å². The molecule has 3 atom stereocenters. The topological polar surface area (TPSA) is 41.9 Å². The monoisotopic (exact) mass is 263 g/mol. The normalized spacial score (nSPS) is 35.9. The molecule has 4 nitrogen and oxygen atoms in total. The van der Waals surface area contributed by atoms with Crippen LogP contribution in [0.5, 0.6) is 0 Å². The van der Waals surface area contributed by atoms with Crippen LogP contribution >= 0.6 is 0 Å². The number of aliphatic hydroxyl groups excluding tert-OH is 1. The van der Waals surface area contributed by atoms with Gasteiger partial charge in [0.1, 0.15) is 0 Å². The van der Waals surface area contributed by atoms with E-state index in [1.165, 1.54) is 0 Å². The molecule has 1 aromatic rings. The molecule has 1 aromatic carbocycles. The van der Waals surface area contributed by atoms with Gasteiger partial charge in [-0.3, -0.25) is 4.90 Å². The number of nitrogens with zero attached hydrogens (tertiary/aromatic N) is 1. The maximum Gasteiger partial charge on any atom is 0.192 e. The largest absolute Gasteiger partial charge is 0.392 e. The Morgan fingerprint density at radius 3 is 2.84 bits per heavy atom. The zero-order valence-corrected chi connectivity index (χ0v) is 11.3. The summed E-state index contributed by atoms with van der Waals surface area (Å²) in [5.74, 6) is -0.635. The van der Waals surface area contributed by atoms with E-state index in [4.69, 9.17) is 9.47 Å². The van der Waals surface area contributed by atoms with E-state index in [1.807, 2.05) is 37.3 Å². The van der Waals surface area contributed by atoms with E-state index < -0.39 is 5.79 Å². The van der Waals surface area contributed by atoms with Crippen molar-refractivity contribution in [2.75, 3.05) is 26.2 Å². The van der Waals surface area contributed by atoms with Crippen LogP contribution in [0, 0.1) is 0 Å². The zero-order chi connectivity index (χ0) is 13.3. The van der Waals surface area contributed by atoms with Gasteiger partial charge in [-0.15, -0.1) is 0 Å². The molecule has 2 aliphatic rings. The number of rotatable bonds is 3. The van der Waals surface area contributed by atoms with E-state index in [-0.39, 0.29) is 12.2 Å². The standard InChI is InChI=1S/C15H21NO3/c1-15(12-5-3-2-4-6-12)18-11-14(19-15)10-16-8-7-13(17)9-16/h2-6,13-14,17H,7-11H2,1H3/t13-,14?,15?/m1/s1. The summed E-state index contributed by atoms with van der Waals surface area (Å²) in [5, 5.41) is 9.54. The van der Waals surface area contributed by atoms with Crippen LogP contribution in [0.15, 0.2) is 30.3 Å². The van der Waals surface area contributed by atoms with Crippen LogP contribution in [0.3, 0.4) is 0 Å². The van der Waals surface area contributed by atoms with Crippen LogP contribution in [0.1, 0.15) is 18.9 Å². The molecule has 2 unspecified atom stereocenters. The Balaban J connectivity index is 1.60. The lowest BCUT2D eigenvalue weighted by atomic mass is 10.1.